The number of hydrogen-bond donors (Lipinski definition) is 2. The van der Waals surface area contributed by atoms with Crippen molar-refractivity contribution in [2.75, 3.05) is 13.1 Å². The molecule has 1 aromatic carbocycles. The first-order chi connectivity index (χ1) is 32.2. The number of benzene rings is 1. The van der Waals surface area contributed by atoms with Crippen molar-refractivity contribution in [3.05, 3.63) is 56.9 Å². The molecule has 17 heteroatoms. The number of amides is 3. The topological polar surface area (TPSA) is 191 Å². The molecular formula is C50H64N4O10P2S. The highest BCUT2D eigenvalue weighted by atomic mass is 32.2. The monoisotopic (exact) mass is 974 g/mol. The van der Waals surface area contributed by atoms with E-state index in [1.807, 2.05) is 19.1 Å². The molecule has 4 atom stereocenters. The van der Waals surface area contributed by atoms with Gasteiger partial charge in [-0.1, -0.05) is 26.7 Å². The molecule has 2 aliphatic carbocycles. The van der Waals surface area contributed by atoms with Crippen LogP contribution in [0.25, 0.3) is 22.3 Å². The van der Waals surface area contributed by atoms with Gasteiger partial charge < -0.3 is 24.5 Å². The van der Waals surface area contributed by atoms with Crippen molar-refractivity contribution in [3.63, 3.8) is 0 Å². The number of imide groups is 1. The van der Waals surface area contributed by atoms with Crippen molar-refractivity contribution in [1.82, 2.24) is 19.8 Å². The average Bonchev–Trinajstić information content (AvgIpc) is 3.81. The third-order valence-corrected chi connectivity index (χ3v) is 16.9. The molecule has 0 bridgehead atoms. The van der Waals surface area contributed by atoms with Gasteiger partial charge in [-0.3, -0.25) is 33.7 Å². The fourth-order valence-corrected chi connectivity index (χ4v) is 13.0. The summed E-state index contributed by atoms with van der Waals surface area (Å²) < 4.78 is 12.9. The van der Waals surface area contributed by atoms with Gasteiger partial charge in [0.05, 0.1) is 40.2 Å². The maximum Gasteiger partial charge on any atom is 0.343 e. The second-order valence-electron chi connectivity index (χ2n) is 19.2. The Morgan fingerprint density at radius 2 is 1.63 bits per heavy atom. The number of rotatable bonds is 18. The number of cyclic esters (lactones) is 1. The van der Waals surface area contributed by atoms with Crippen LogP contribution in [-0.2, 0) is 58.7 Å². The zero-order valence-corrected chi connectivity index (χ0v) is 41.8. The minimum Gasteiger partial charge on any atom is -0.458 e. The number of likely N-dealkylation sites (tertiary alicyclic amines) is 1. The van der Waals surface area contributed by atoms with E-state index in [4.69, 9.17) is 14.5 Å². The lowest BCUT2D eigenvalue weighted by Gasteiger charge is -2.31. The summed E-state index contributed by atoms with van der Waals surface area (Å²) in [5.41, 5.74) is 2.07. The summed E-state index contributed by atoms with van der Waals surface area (Å²) in [6.45, 7) is 4.87. The SMILES string of the molecule is CCc1c2c(nc3ccc(OC(=O)C4CCC(CNC(=O)CCCCCCC(=O)C5CCC(CN6C(=O)CC(SC(P)P)C6=O)CC5)CC4)cc13)-c1cc3c(c(=O)n1C2)COC(=O)[C@]3(O)CC. The number of carbonyl (C=O) groups is 6. The van der Waals surface area contributed by atoms with E-state index in [2.05, 4.69) is 23.8 Å². The van der Waals surface area contributed by atoms with Gasteiger partial charge in [0.15, 0.2) is 5.60 Å². The second-order valence-corrected chi connectivity index (χ2v) is 23.8. The Kier molecular flexibility index (Phi) is 15.7. The first-order valence-corrected chi connectivity index (χ1v) is 26.6. The third kappa shape index (κ3) is 10.6. The largest absolute Gasteiger partial charge is 0.458 e. The maximum absolute atomic E-state index is 13.7. The number of hydrogen-bond acceptors (Lipinski definition) is 12. The highest BCUT2D eigenvalue weighted by molar-refractivity contribution is 8.08. The lowest BCUT2D eigenvalue weighted by atomic mass is 9.79. The van der Waals surface area contributed by atoms with Gasteiger partial charge in [0.1, 0.15) is 18.1 Å². The van der Waals surface area contributed by atoms with Crippen molar-refractivity contribution in [1.29, 1.82) is 0 Å². The van der Waals surface area contributed by atoms with Crippen LogP contribution in [0.5, 0.6) is 5.75 Å². The standard InChI is InChI=1S/C50H64N4O10P2S/c1-3-33-34-21-32(19-20-38(34)52-44-35(33)26-53-39(44)22-37-36(45(53)58)27-63-48(61)50(37,62)4-2)64-47(60)31-17-11-28(12-18-31)24-51-42(56)10-8-6-5-7-9-40(55)30-15-13-29(14-16-30)25-54-43(57)23-41(46(54)59)67-49(65)66/h19-22,28-31,41,49,62H,3-18,23-27,65-66H2,1-2H3,(H,51,56)/t28?,29?,30?,31?,41?,50-/m0/s1. The molecular weight excluding hydrogens is 911 g/mol. The molecule has 14 nitrogen and oxygen atoms in total. The molecule has 2 saturated carbocycles. The van der Waals surface area contributed by atoms with E-state index in [0.29, 0.717) is 79.5 Å². The molecule has 2 N–H and O–H groups in total. The van der Waals surface area contributed by atoms with Crippen molar-refractivity contribution >= 4 is 76.6 Å². The number of thioether (sulfide) groups is 1. The Bertz CT molecular complexity index is 2500. The fourth-order valence-electron chi connectivity index (χ4n) is 11.0. The van der Waals surface area contributed by atoms with E-state index in [1.54, 1.807) is 23.6 Å². The lowest BCUT2D eigenvalue weighted by Crippen LogP contribution is -2.44. The molecule has 3 fully saturated rings. The van der Waals surface area contributed by atoms with Crippen LogP contribution < -0.4 is 15.6 Å². The molecule has 5 aliphatic rings. The van der Waals surface area contributed by atoms with E-state index in [-0.39, 0.29) is 94.1 Å². The Morgan fingerprint density at radius 1 is 0.925 bits per heavy atom. The number of ether oxygens (including phenoxy) is 2. The quantitative estimate of drug-likeness (QED) is 0.0339. The number of esters is 2. The number of unbranched alkanes of at least 4 members (excludes halogenated alkanes) is 3. The lowest BCUT2D eigenvalue weighted by molar-refractivity contribution is -0.172. The van der Waals surface area contributed by atoms with Crippen molar-refractivity contribution in [2.24, 2.45) is 23.7 Å². The summed E-state index contributed by atoms with van der Waals surface area (Å²) in [6, 6.07) is 7.12. The number of fused-ring (bicyclic) bond motifs is 5. The van der Waals surface area contributed by atoms with Crippen LogP contribution in [0.4, 0.5) is 0 Å². The van der Waals surface area contributed by atoms with E-state index >= 15 is 0 Å². The van der Waals surface area contributed by atoms with Crippen molar-refractivity contribution in [2.45, 2.75) is 152 Å². The van der Waals surface area contributed by atoms with Crippen molar-refractivity contribution < 1.29 is 43.3 Å². The molecule has 2 aromatic heterocycles. The highest BCUT2D eigenvalue weighted by Gasteiger charge is 2.46. The van der Waals surface area contributed by atoms with Gasteiger partial charge in [-0.05, 0) is 119 Å². The van der Waals surface area contributed by atoms with Gasteiger partial charge in [-0.2, -0.15) is 0 Å². The molecule has 3 aromatic rings. The van der Waals surface area contributed by atoms with Crippen LogP contribution in [0, 0.1) is 23.7 Å². The molecule has 3 unspecified atom stereocenters. The Balaban J connectivity index is 0.725. The zero-order chi connectivity index (χ0) is 47.6. The van der Waals surface area contributed by atoms with E-state index < -0.39 is 11.6 Å². The van der Waals surface area contributed by atoms with Gasteiger partial charge in [0, 0.05) is 59.5 Å². The van der Waals surface area contributed by atoms with E-state index in [1.165, 1.54) is 16.7 Å². The summed E-state index contributed by atoms with van der Waals surface area (Å²) in [5, 5.41) is 14.9. The average molecular weight is 975 g/mol. The molecule has 3 aliphatic heterocycles. The highest BCUT2D eigenvalue weighted by Crippen LogP contribution is 2.42. The fraction of sp³-hybridized carbons (Fsp3) is 0.600. The van der Waals surface area contributed by atoms with Crippen LogP contribution in [0.3, 0.4) is 0 Å². The predicted octanol–water partition coefficient (Wildman–Crippen LogP) is 7.08. The summed E-state index contributed by atoms with van der Waals surface area (Å²) in [4.78, 5) is 97.1. The van der Waals surface area contributed by atoms with Crippen LogP contribution in [0.2, 0.25) is 0 Å². The van der Waals surface area contributed by atoms with Crippen LogP contribution >= 0.6 is 30.2 Å². The number of aromatic nitrogens is 2. The molecule has 1 saturated heterocycles. The Hall–Kier alpha value is -4.03. The molecule has 8 rings (SSSR count). The zero-order valence-electron chi connectivity index (χ0n) is 38.6. The summed E-state index contributed by atoms with van der Waals surface area (Å²) in [6.07, 6.45) is 11.7. The number of nitrogens with one attached hydrogen (secondary N) is 1. The molecule has 360 valence electrons. The molecule has 0 spiro atoms. The van der Waals surface area contributed by atoms with E-state index in [0.717, 1.165) is 80.7 Å². The maximum atomic E-state index is 13.7. The van der Waals surface area contributed by atoms with Gasteiger partial charge in [0.2, 0.25) is 17.7 Å². The second kappa shape index (κ2) is 21.3. The van der Waals surface area contributed by atoms with Crippen LogP contribution in [0.1, 0.15) is 139 Å². The molecule has 3 amide bonds. The Labute approximate surface area is 400 Å². The number of pyridine rings is 2. The first kappa shape index (κ1) is 49.4. The van der Waals surface area contributed by atoms with Gasteiger partial charge in [-0.25, -0.2) is 9.78 Å². The number of aryl methyl sites for hydroxylation is 1. The number of carbonyl (C=O) groups excluding carboxylic acids is 6. The molecule has 0 radical (unpaired) electrons. The number of ketones is 1. The van der Waals surface area contributed by atoms with Crippen molar-refractivity contribution in [3.8, 4) is 17.1 Å². The summed E-state index contributed by atoms with van der Waals surface area (Å²) in [5.74, 6) is -0.0242. The predicted molar refractivity (Wildman–Crippen MR) is 262 cm³/mol. The third-order valence-electron chi connectivity index (χ3n) is 15.0. The van der Waals surface area contributed by atoms with Crippen LogP contribution in [0.15, 0.2) is 29.1 Å². The van der Waals surface area contributed by atoms with Gasteiger partial charge in [0.25, 0.3) is 5.56 Å². The Morgan fingerprint density at radius 3 is 2.33 bits per heavy atom. The molecule has 5 heterocycles. The number of nitrogens with zero attached hydrogens (tertiary/aromatic N) is 3. The minimum absolute atomic E-state index is 0.0339. The van der Waals surface area contributed by atoms with Crippen LogP contribution in [-0.4, -0.2) is 78.1 Å². The minimum atomic E-state index is -1.90. The van der Waals surface area contributed by atoms with Gasteiger partial charge >= 0.3 is 11.9 Å². The number of Topliss-reactive ketones (excluding diaryl/α,β-unsaturated/α-hetero) is 1. The van der Waals surface area contributed by atoms with E-state index in [9.17, 15) is 38.7 Å². The smallest absolute Gasteiger partial charge is 0.343 e. The molecule has 67 heavy (non-hydrogen) atoms. The summed E-state index contributed by atoms with van der Waals surface area (Å²) >= 11 is 1.49. The number of aliphatic hydroxyl groups is 1. The normalized spacial score (nSPS) is 24.7. The first-order valence-electron chi connectivity index (χ1n) is 24.3. The van der Waals surface area contributed by atoms with Gasteiger partial charge in [-0.15, -0.1) is 30.2 Å². The summed E-state index contributed by atoms with van der Waals surface area (Å²) in [7, 11) is 5.27.